The maximum absolute atomic E-state index is 12.4. The molecular weight excluding hydrogens is 330 g/mol. The normalized spacial score (nSPS) is 10.4. The molecule has 0 fully saturated rings. The number of halogens is 1. The molecule has 0 saturated heterocycles. The number of aromatic hydroxyl groups is 1. The van der Waals surface area contributed by atoms with E-state index in [1.807, 2.05) is 0 Å². The smallest absolute Gasteiger partial charge is 0.273 e. The Morgan fingerprint density at radius 3 is 2.79 bits per heavy atom. The lowest BCUT2D eigenvalue weighted by molar-refractivity contribution is 0.102. The zero-order valence-corrected chi connectivity index (χ0v) is 13.5. The van der Waals surface area contributed by atoms with Crippen LogP contribution in [0, 0.1) is 0 Å². The van der Waals surface area contributed by atoms with Crippen molar-refractivity contribution in [3.63, 3.8) is 0 Å². The van der Waals surface area contributed by atoms with Crippen molar-refractivity contribution in [3.8, 4) is 22.8 Å². The molecule has 3 N–H and O–H groups in total. The Bertz CT molecular complexity index is 892. The Morgan fingerprint density at radius 2 is 2.04 bits per heavy atom. The van der Waals surface area contributed by atoms with Crippen molar-refractivity contribution >= 4 is 23.2 Å². The Labute approximate surface area is 143 Å². The van der Waals surface area contributed by atoms with Gasteiger partial charge in [0.1, 0.15) is 17.2 Å². The number of aromatic amines is 1. The second kappa shape index (κ2) is 6.64. The Morgan fingerprint density at radius 1 is 1.25 bits per heavy atom. The molecule has 3 aromatic rings. The van der Waals surface area contributed by atoms with Gasteiger partial charge in [-0.05, 0) is 36.4 Å². The first-order valence-electron chi connectivity index (χ1n) is 7.07. The number of rotatable bonds is 4. The summed E-state index contributed by atoms with van der Waals surface area (Å²) in [4.78, 5) is 12.4. The van der Waals surface area contributed by atoms with E-state index in [2.05, 4.69) is 15.5 Å². The quantitative estimate of drug-likeness (QED) is 0.674. The van der Waals surface area contributed by atoms with Gasteiger partial charge in [-0.1, -0.05) is 23.7 Å². The molecule has 0 aliphatic rings. The highest BCUT2D eigenvalue weighted by molar-refractivity contribution is 6.31. The van der Waals surface area contributed by atoms with Gasteiger partial charge in [0.05, 0.1) is 18.5 Å². The molecule has 122 valence electrons. The van der Waals surface area contributed by atoms with E-state index in [1.165, 1.54) is 7.11 Å². The summed E-state index contributed by atoms with van der Waals surface area (Å²) in [5.74, 6) is 0.186. The van der Waals surface area contributed by atoms with Crippen molar-refractivity contribution in [1.29, 1.82) is 0 Å². The standard InChI is InChI=1S/C17H14ClN3O3/c1-24-16-7-6-10(18)8-13(16)19-17(23)14-9-12(20-21-14)11-4-2-3-5-15(11)22/h2-9,22H,1H3,(H,19,23)(H,20,21). The molecule has 0 radical (unpaired) electrons. The third-order valence-electron chi connectivity index (χ3n) is 3.41. The minimum Gasteiger partial charge on any atom is -0.507 e. The highest BCUT2D eigenvalue weighted by Crippen LogP contribution is 2.29. The maximum atomic E-state index is 12.4. The van der Waals surface area contributed by atoms with E-state index < -0.39 is 5.91 Å². The van der Waals surface area contributed by atoms with Crippen LogP contribution in [0.3, 0.4) is 0 Å². The molecule has 1 amide bonds. The van der Waals surface area contributed by atoms with Gasteiger partial charge in [-0.15, -0.1) is 0 Å². The van der Waals surface area contributed by atoms with Crippen LogP contribution in [0.2, 0.25) is 5.02 Å². The summed E-state index contributed by atoms with van der Waals surface area (Å²) in [7, 11) is 1.51. The van der Waals surface area contributed by atoms with Crippen LogP contribution in [-0.2, 0) is 0 Å². The van der Waals surface area contributed by atoms with Gasteiger partial charge in [-0.3, -0.25) is 9.89 Å². The molecule has 0 spiro atoms. The number of H-pyrrole nitrogens is 1. The van der Waals surface area contributed by atoms with E-state index in [0.29, 0.717) is 27.7 Å². The van der Waals surface area contributed by atoms with Crippen molar-refractivity contribution < 1.29 is 14.6 Å². The van der Waals surface area contributed by atoms with Gasteiger partial charge in [0, 0.05) is 10.6 Å². The first-order valence-corrected chi connectivity index (χ1v) is 7.45. The minimum absolute atomic E-state index is 0.0902. The Kier molecular flexibility index (Phi) is 4.39. The molecule has 0 bridgehead atoms. The number of nitrogens with zero attached hydrogens (tertiary/aromatic N) is 1. The number of phenols is 1. The molecule has 2 aromatic carbocycles. The summed E-state index contributed by atoms with van der Waals surface area (Å²) >= 11 is 5.95. The van der Waals surface area contributed by atoms with Crippen LogP contribution in [0.25, 0.3) is 11.3 Å². The predicted octanol–water partition coefficient (Wildman–Crippen LogP) is 3.70. The van der Waals surface area contributed by atoms with Gasteiger partial charge in [0.2, 0.25) is 0 Å². The lowest BCUT2D eigenvalue weighted by Crippen LogP contribution is -2.13. The number of anilines is 1. The third kappa shape index (κ3) is 3.18. The van der Waals surface area contributed by atoms with Crippen LogP contribution in [0.5, 0.6) is 11.5 Å². The van der Waals surface area contributed by atoms with Crippen molar-refractivity contribution in [1.82, 2.24) is 10.2 Å². The van der Waals surface area contributed by atoms with Gasteiger partial charge in [-0.2, -0.15) is 5.10 Å². The number of amides is 1. The molecule has 3 rings (SSSR count). The molecular formula is C17H14ClN3O3. The maximum Gasteiger partial charge on any atom is 0.273 e. The van der Waals surface area contributed by atoms with Crippen LogP contribution < -0.4 is 10.1 Å². The van der Waals surface area contributed by atoms with Gasteiger partial charge >= 0.3 is 0 Å². The Hall–Kier alpha value is -2.99. The second-order valence-electron chi connectivity index (χ2n) is 4.98. The average molecular weight is 344 g/mol. The first kappa shape index (κ1) is 15.9. The molecule has 1 aromatic heterocycles. The van der Waals surface area contributed by atoms with Crippen molar-refractivity contribution in [2.45, 2.75) is 0 Å². The van der Waals surface area contributed by atoms with Crippen LogP contribution in [0.1, 0.15) is 10.5 Å². The lowest BCUT2D eigenvalue weighted by atomic mass is 10.1. The van der Waals surface area contributed by atoms with E-state index in [4.69, 9.17) is 16.3 Å². The van der Waals surface area contributed by atoms with Crippen LogP contribution in [0.4, 0.5) is 5.69 Å². The number of para-hydroxylation sites is 1. The number of carbonyl (C=O) groups excluding carboxylic acids is 1. The lowest BCUT2D eigenvalue weighted by Gasteiger charge is -2.09. The summed E-state index contributed by atoms with van der Waals surface area (Å²) in [5, 5.41) is 19.8. The van der Waals surface area contributed by atoms with Crippen molar-refractivity contribution in [3.05, 3.63) is 59.2 Å². The first-order chi connectivity index (χ1) is 11.6. The van der Waals surface area contributed by atoms with Crippen molar-refractivity contribution in [2.75, 3.05) is 12.4 Å². The van der Waals surface area contributed by atoms with E-state index in [0.717, 1.165) is 0 Å². The highest BCUT2D eigenvalue weighted by Gasteiger charge is 2.15. The number of aromatic nitrogens is 2. The summed E-state index contributed by atoms with van der Waals surface area (Å²) in [5.41, 5.74) is 1.70. The molecule has 0 atom stereocenters. The summed E-state index contributed by atoms with van der Waals surface area (Å²) in [6.45, 7) is 0. The molecule has 0 unspecified atom stereocenters. The molecule has 6 nitrogen and oxygen atoms in total. The zero-order chi connectivity index (χ0) is 17.1. The van der Waals surface area contributed by atoms with Crippen LogP contribution in [-0.4, -0.2) is 28.3 Å². The number of ether oxygens (including phenoxy) is 1. The molecule has 7 heteroatoms. The molecule has 24 heavy (non-hydrogen) atoms. The fraction of sp³-hybridized carbons (Fsp3) is 0.0588. The number of hydrogen-bond acceptors (Lipinski definition) is 4. The van der Waals surface area contributed by atoms with Gasteiger partial charge < -0.3 is 15.2 Å². The monoisotopic (exact) mass is 343 g/mol. The third-order valence-corrected chi connectivity index (χ3v) is 3.65. The van der Waals surface area contributed by atoms with E-state index in [-0.39, 0.29) is 11.4 Å². The van der Waals surface area contributed by atoms with Crippen molar-refractivity contribution in [2.24, 2.45) is 0 Å². The predicted molar refractivity (Wildman–Crippen MR) is 91.6 cm³/mol. The number of phenolic OH excluding ortho intramolecular Hbond substituents is 1. The fourth-order valence-corrected chi connectivity index (χ4v) is 2.41. The largest absolute Gasteiger partial charge is 0.507 e. The van der Waals surface area contributed by atoms with Crippen LogP contribution in [0.15, 0.2) is 48.5 Å². The summed E-state index contributed by atoms with van der Waals surface area (Å²) < 4.78 is 5.20. The molecule has 0 saturated carbocycles. The van der Waals surface area contributed by atoms with Gasteiger partial charge in [0.15, 0.2) is 0 Å². The molecule has 0 aliphatic carbocycles. The molecule has 0 aliphatic heterocycles. The number of benzene rings is 2. The Balaban J connectivity index is 1.85. The molecule has 1 heterocycles. The SMILES string of the molecule is COc1ccc(Cl)cc1NC(=O)c1cc(-c2ccccc2O)n[nH]1. The van der Waals surface area contributed by atoms with Gasteiger partial charge in [-0.25, -0.2) is 0 Å². The average Bonchev–Trinajstić information content (AvgIpc) is 3.05. The number of nitrogens with one attached hydrogen (secondary N) is 2. The topological polar surface area (TPSA) is 87.2 Å². The number of hydrogen-bond donors (Lipinski definition) is 3. The van der Waals surface area contributed by atoms with E-state index >= 15 is 0 Å². The zero-order valence-electron chi connectivity index (χ0n) is 12.7. The van der Waals surface area contributed by atoms with E-state index in [1.54, 1.807) is 48.5 Å². The second-order valence-corrected chi connectivity index (χ2v) is 5.42. The highest BCUT2D eigenvalue weighted by atomic mass is 35.5. The number of carbonyl (C=O) groups is 1. The number of methoxy groups -OCH3 is 1. The minimum atomic E-state index is -0.398. The van der Waals surface area contributed by atoms with Crippen LogP contribution >= 0.6 is 11.6 Å². The summed E-state index contributed by atoms with van der Waals surface area (Å²) in [6.07, 6.45) is 0. The fourth-order valence-electron chi connectivity index (χ4n) is 2.23. The summed E-state index contributed by atoms with van der Waals surface area (Å²) in [6, 6.07) is 13.2. The van der Waals surface area contributed by atoms with E-state index in [9.17, 15) is 9.90 Å². The van der Waals surface area contributed by atoms with Gasteiger partial charge in [0.25, 0.3) is 5.91 Å².